The van der Waals surface area contributed by atoms with Gasteiger partial charge in [-0.25, -0.2) is 0 Å². The molecule has 1 aliphatic rings. The maximum Gasteiger partial charge on any atom is 0.320 e. The van der Waals surface area contributed by atoms with Crippen molar-refractivity contribution in [1.82, 2.24) is 15.5 Å². The third-order valence-electron chi connectivity index (χ3n) is 3.52. The van der Waals surface area contributed by atoms with Gasteiger partial charge in [-0.15, -0.1) is 5.10 Å². The molecule has 5 heteroatoms. The lowest BCUT2D eigenvalue weighted by Crippen LogP contribution is -2.13. The van der Waals surface area contributed by atoms with E-state index in [1.165, 1.54) is 30.4 Å². The monoisotopic (exact) mass is 272 g/mol. The zero-order chi connectivity index (χ0) is 13.8. The van der Waals surface area contributed by atoms with Crippen LogP contribution in [0.25, 0.3) is 0 Å². The Hall–Kier alpha value is -1.88. The summed E-state index contributed by atoms with van der Waals surface area (Å²) in [5.74, 6) is 0.613. The SMILES string of the molecule is CCCNCc1nnc(Nc2ccc3c(c2)CCC3)o1. The molecule has 2 aromatic rings. The van der Waals surface area contributed by atoms with Crippen molar-refractivity contribution in [3.05, 3.63) is 35.2 Å². The van der Waals surface area contributed by atoms with E-state index in [0.717, 1.165) is 18.7 Å². The predicted octanol–water partition coefficient (Wildman–Crippen LogP) is 2.80. The first kappa shape index (κ1) is 13.1. The van der Waals surface area contributed by atoms with Gasteiger partial charge >= 0.3 is 6.01 Å². The van der Waals surface area contributed by atoms with Crippen LogP contribution < -0.4 is 10.6 Å². The molecule has 3 rings (SSSR count). The van der Waals surface area contributed by atoms with Crippen LogP contribution in [0.15, 0.2) is 22.6 Å². The molecule has 0 unspecified atom stereocenters. The lowest BCUT2D eigenvalue weighted by Gasteiger charge is -2.04. The number of nitrogens with one attached hydrogen (secondary N) is 2. The van der Waals surface area contributed by atoms with E-state index in [0.29, 0.717) is 18.5 Å². The van der Waals surface area contributed by atoms with Crippen LogP contribution in [0.3, 0.4) is 0 Å². The van der Waals surface area contributed by atoms with Gasteiger partial charge < -0.3 is 15.1 Å². The summed E-state index contributed by atoms with van der Waals surface area (Å²) in [5.41, 5.74) is 3.91. The van der Waals surface area contributed by atoms with Crippen LogP contribution in [-0.4, -0.2) is 16.7 Å². The minimum absolute atomic E-state index is 0.455. The molecular formula is C15H20N4O. The highest BCUT2D eigenvalue weighted by atomic mass is 16.4. The van der Waals surface area contributed by atoms with Crippen molar-refractivity contribution >= 4 is 11.7 Å². The fourth-order valence-electron chi connectivity index (χ4n) is 2.52. The molecule has 2 N–H and O–H groups in total. The van der Waals surface area contributed by atoms with Crippen LogP contribution >= 0.6 is 0 Å². The Labute approximate surface area is 118 Å². The van der Waals surface area contributed by atoms with Gasteiger partial charge in [0.05, 0.1) is 6.54 Å². The molecule has 1 aromatic heterocycles. The van der Waals surface area contributed by atoms with Gasteiger partial charge in [-0.1, -0.05) is 18.1 Å². The molecule has 106 valence electrons. The average molecular weight is 272 g/mol. The van der Waals surface area contributed by atoms with Gasteiger partial charge in [-0.2, -0.15) is 0 Å². The molecule has 0 aliphatic heterocycles. The lowest BCUT2D eigenvalue weighted by atomic mass is 10.1. The molecule has 0 atom stereocenters. The van der Waals surface area contributed by atoms with Crippen LogP contribution in [-0.2, 0) is 19.4 Å². The minimum atomic E-state index is 0.455. The van der Waals surface area contributed by atoms with Crippen LogP contribution in [0.4, 0.5) is 11.7 Å². The van der Waals surface area contributed by atoms with Gasteiger partial charge in [0, 0.05) is 5.69 Å². The molecule has 0 bridgehead atoms. The van der Waals surface area contributed by atoms with E-state index < -0.39 is 0 Å². The molecule has 0 radical (unpaired) electrons. The summed E-state index contributed by atoms with van der Waals surface area (Å²) >= 11 is 0. The summed E-state index contributed by atoms with van der Waals surface area (Å²) < 4.78 is 5.56. The van der Waals surface area contributed by atoms with Crippen LogP contribution in [0.5, 0.6) is 0 Å². The van der Waals surface area contributed by atoms with Crippen molar-refractivity contribution in [3.8, 4) is 0 Å². The first-order chi connectivity index (χ1) is 9.85. The standard InChI is InChI=1S/C15H20N4O/c1-2-8-16-10-14-18-19-15(20-14)17-13-7-6-11-4-3-5-12(11)9-13/h6-7,9,16H,2-5,8,10H2,1H3,(H,17,19). The van der Waals surface area contributed by atoms with E-state index in [-0.39, 0.29) is 0 Å². The number of hydrogen-bond acceptors (Lipinski definition) is 5. The molecule has 1 aromatic carbocycles. The molecule has 0 spiro atoms. The molecule has 0 fully saturated rings. The van der Waals surface area contributed by atoms with Gasteiger partial charge in [0.2, 0.25) is 5.89 Å². The number of hydrogen-bond donors (Lipinski definition) is 2. The number of fused-ring (bicyclic) bond motifs is 1. The quantitative estimate of drug-likeness (QED) is 0.792. The number of anilines is 2. The minimum Gasteiger partial charge on any atom is -0.406 e. The summed E-state index contributed by atoms with van der Waals surface area (Å²) in [4.78, 5) is 0. The van der Waals surface area contributed by atoms with E-state index in [1.54, 1.807) is 0 Å². The van der Waals surface area contributed by atoms with E-state index in [2.05, 4.69) is 46.0 Å². The molecule has 20 heavy (non-hydrogen) atoms. The molecule has 1 heterocycles. The topological polar surface area (TPSA) is 63.0 Å². The molecule has 5 nitrogen and oxygen atoms in total. The lowest BCUT2D eigenvalue weighted by molar-refractivity contribution is 0.479. The van der Waals surface area contributed by atoms with Crippen molar-refractivity contribution in [3.63, 3.8) is 0 Å². The van der Waals surface area contributed by atoms with Gasteiger partial charge in [0.1, 0.15) is 0 Å². The van der Waals surface area contributed by atoms with Crippen LogP contribution in [0.2, 0.25) is 0 Å². The van der Waals surface area contributed by atoms with Gasteiger partial charge in [-0.3, -0.25) is 0 Å². The fraction of sp³-hybridized carbons (Fsp3) is 0.467. The Kier molecular flexibility index (Phi) is 3.97. The highest BCUT2D eigenvalue weighted by molar-refractivity contribution is 5.55. The Morgan fingerprint density at radius 3 is 3.00 bits per heavy atom. The fourth-order valence-corrected chi connectivity index (χ4v) is 2.52. The normalized spacial score (nSPS) is 13.4. The number of benzene rings is 1. The maximum atomic E-state index is 5.56. The van der Waals surface area contributed by atoms with E-state index >= 15 is 0 Å². The summed E-state index contributed by atoms with van der Waals surface area (Å²) in [6.45, 7) is 3.70. The van der Waals surface area contributed by atoms with Gasteiger partial charge in [-0.05, 0) is 55.5 Å². The zero-order valence-corrected chi connectivity index (χ0v) is 11.8. The van der Waals surface area contributed by atoms with E-state index in [9.17, 15) is 0 Å². The first-order valence-electron chi connectivity index (χ1n) is 7.27. The van der Waals surface area contributed by atoms with Crippen molar-refractivity contribution in [2.75, 3.05) is 11.9 Å². The zero-order valence-electron chi connectivity index (χ0n) is 11.8. The molecule has 0 saturated heterocycles. The first-order valence-corrected chi connectivity index (χ1v) is 7.27. The second-order valence-electron chi connectivity index (χ2n) is 5.14. The van der Waals surface area contributed by atoms with E-state index in [1.807, 2.05) is 0 Å². The Bertz CT molecular complexity index is 579. The summed E-state index contributed by atoms with van der Waals surface area (Å²) in [6, 6.07) is 6.89. The van der Waals surface area contributed by atoms with Gasteiger partial charge in [0.25, 0.3) is 0 Å². The van der Waals surface area contributed by atoms with Crippen LogP contribution in [0.1, 0.15) is 36.8 Å². The highest BCUT2D eigenvalue weighted by Gasteiger charge is 2.12. The van der Waals surface area contributed by atoms with Crippen molar-refractivity contribution < 1.29 is 4.42 Å². The largest absolute Gasteiger partial charge is 0.406 e. The second kappa shape index (κ2) is 6.05. The highest BCUT2D eigenvalue weighted by Crippen LogP contribution is 2.26. The maximum absolute atomic E-state index is 5.56. The Balaban J connectivity index is 1.63. The van der Waals surface area contributed by atoms with Crippen molar-refractivity contribution in [1.29, 1.82) is 0 Å². The van der Waals surface area contributed by atoms with Crippen molar-refractivity contribution in [2.24, 2.45) is 0 Å². The smallest absolute Gasteiger partial charge is 0.320 e. The number of aromatic nitrogens is 2. The molecule has 0 saturated carbocycles. The van der Waals surface area contributed by atoms with Crippen LogP contribution in [0, 0.1) is 0 Å². The van der Waals surface area contributed by atoms with Gasteiger partial charge in [0.15, 0.2) is 0 Å². The van der Waals surface area contributed by atoms with Crippen molar-refractivity contribution in [2.45, 2.75) is 39.2 Å². The number of nitrogens with zero attached hydrogens (tertiary/aromatic N) is 2. The summed E-state index contributed by atoms with van der Waals surface area (Å²) in [7, 11) is 0. The third kappa shape index (κ3) is 2.99. The third-order valence-corrected chi connectivity index (χ3v) is 3.52. The Morgan fingerprint density at radius 2 is 2.10 bits per heavy atom. The van der Waals surface area contributed by atoms with E-state index in [4.69, 9.17) is 4.42 Å². The summed E-state index contributed by atoms with van der Waals surface area (Å²) in [6.07, 6.45) is 4.71. The average Bonchev–Trinajstić information content (AvgIpc) is 3.08. The summed E-state index contributed by atoms with van der Waals surface area (Å²) in [5, 5.41) is 14.4. The Morgan fingerprint density at radius 1 is 1.20 bits per heavy atom. The predicted molar refractivity (Wildman–Crippen MR) is 78.0 cm³/mol. The molecule has 0 amide bonds. The molecular weight excluding hydrogens is 252 g/mol. The molecule has 1 aliphatic carbocycles. The number of rotatable bonds is 6. The second-order valence-corrected chi connectivity index (χ2v) is 5.14. The number of aryl methyl sites for hydroxylation is 2.